The van der Waals surface area contributed by atoms with Crippen LogP contribution < -0.4 is 5.73 Å². The van der Waals surface area contributed by atoms with Gasteiger partial charge in [-0.15, -0.1) is 0 Å². The van der Waals surface area contributed by atoms with Crippen LogP contribution in [0.3, 0.4) is 0 Å². The van der Waals surface area contributed by atoms with Crippen molar-refractivity contribution >= 4 is 21.6 Å². The highest BCUT2D eigenvalue weighted by Crippen LogP contribution is 2.21. The van der Waals surface area contributed by atoms with E-state index in [9.17, 15) is 0 Å². The summed E-state index contributed by atoms with van der Waals surface area (Å²) in [5, 5.41) is 0. The zero-order valence-electron chi connectivity index (χ0n) is 7.53. The molecule has 0 saturated heterocycles. The Labute approximate surface area is 90.9 Å². The summed E-state index contributed by atoms with van der Waals surface area (Å²) >= 11 is 3.37. The fourth-order valence-corrected chi connectivity index (χ4v) is 1.71. The number of nitrogen functional groups attached to an aromatic ring is 1. The SMILES string of the molecule is Nc1cc(Br)ccc1Cc1ccco1. The van der Waals surface area contributed by atoms with E-state index in [0.717, 1.165) is 27.9 Å². The molecule has 0 fully saturated rings. The number of nitrogens with two attached hydrogens (primary N) is 1. The third kappa shape index (κ3) is 1.99. The zero-order valence-corrected chi connectivity index (χ0v) is 9.12. The van der Waals surface area contributed by atoms with Gasteiger partial charge in [0.1, 0.15) is 5.76 Å². The van der Waals surface area contributed by atoms with Gasteiger partial charge in [-0.05, 0) is 29.8 Å². The average molecular weight is 252 g/mol. The van der Waals surface area contributed by atoms with Crippen LogP contribution in [0.1, 0.15) is 11.3 Å². The summed E-state index contributed by atoms with van der Waals surface area (Å²) in [5.74, 6) is 0.930. The Morgan fingerprint density at radius 2 is 2.14 bits per heavy atom. The van der Waals surface area contributed by atoms with Gasteiger partial charge in [0.2, 0.25) is 0 Å². The van der Waals surface area contributed by atoms with E-state index in [0.29, 0.717) is 0 Å². The Kier molecular flexibility index (Phi) is 2.59. The molecule has 2 N–H and O–H groups in total. The lowest BCUT2D eigenvalue weighted by atomic mass is 10.1. The fraction of sp³-hybridized carbons (Fsp3) is 0.0909. The van der Waals surface area contributed by atoms with E-state index in [-0.39, 0.29) is 0 Å². The Morgan fingerprint density at radius 3 is 2.79 bits per heavy atom. The van der Waals surface area contributed by atoms with Crippen LogP contribution in [0.2, 0.25) is 0 Å². The molecule has 2 rings (SSSR count). The molecule has 1 aromatic carbocycles. The Morgan fingerprint density at radius 1 is 1.29 bits per heavy atom. The maximum absolute atomic E-state index is 5.87. The van der Waals surface area contributed by atoms with Crippen LogP contribution >= 0.6 is 15.9 Å². The Hall–Kier alpha value is -1.22. The van der Waals surface area contributed by atoms with E-state index in [1.165, 1.54) is 0 Å². The second kappa shape index (κ2) is 3.88. The highest BCUT2D eigenvalue weighted by atomic mass is 79.9. The fourth-order valence-electron chi connectivity index (χ4n) is 1.33. The standard InChI is InChI=1S/C11H10BrNO/c12-9-4-3-8(11(13)7-9)6-10-2-1-5-14-10/h1-5,7H,6,13H2. The molecule has 0 aliphatic carbocycles. The molecule has 3 heteroatoms. The molecular weight excluding hydrogens is 242 g/mol. The smallest absolute Gasteiger partial charge is 0.108 e. The normalized spacial score (nSPS) is 10.4. The predicted octanol–water partition coefficient (Wildman–Crippen LogP) is 3.22. The molecule has 1 heterocycles. The minimum atomic E-state index is 0.742. The number of benzene rings is 1. The number of rotatable bonds is 2. The highest BCUT2D eigenvalue weighted by molar-refractivity contribution is 9.10. The van der Waals surface area contributed by atoms with E-state index in [1.807, 2.05) is 30.3 Å². The summed E-state index contributed by atoms with van der Waals surface area (Å²) in [6, 6.07) is 9.71. The lowest BCUT2D eigenvalue weighted by molar-refractivity contribution is 0.521. The van der Waals surface area contributed by atoms with Crippen molar-refractivity contribution in [2.45, 2.75) is 6.42 Å². The van der Waals surface area contributed by atoms with E-state index < -0.39 is 0 Å². The Balaban J connectivity index is 2.25. The number of furan rings is 1. The van der Waals surface area contributed by atoms with Gasteiger partial charge in [-0.3, -0.25) is 0 Å². The minimum absolute atomic E-state index is 0.742. The van der Waals surface area contributed by atoms with Gasteiger partial charge in [0.05, 0.1) is 6.26 Å². The molecule has 1 aromatic heterocycles. The maximum atomic E-state index is 5.87. The number of halogens is 1. The maximum Gasteiger partial charge on any atom is 0.108 e. The van der Waals surface area contributed by atoms with Crippen LogP contribution in [-0.4, -0.2) is 0 Å². The first-order valence-electron chi connectivity index (χ1n) is 4.32. The van der Waals surface area contributed by atoms with Crippen LogP contribution in [0.5, 0.6) is 0 Å². The summed E-state index contributed by atoms with van der Waals surface area (Å²) < 4.78 is 6.25. The Bertz CT molecular complexity index is 423. The summed E-state index contributed by atoms with van der Waals surface area (Å²) in [4.78, 5) is 0. The van der Waals surface area contributed by atoms with Crippen LogP contribution in [0, 0.1) is 0 Å². The predicted molar refractivity (Wildman–Crippen MR) is 60.1 cm³/mol. The molecule has 0 amide bonds. The molecule has 0 spiro atoms. The van der Waals surface area contributed by atoms with Crippen LogP contribution in [0.4, 0.5) is 5.69 Å². The summed E-state index contributed by atoms with van der Waals surface area (Å²) in [7, 11) is 0. The molecule has 0 aliphatic rings. The van der Waals surface area contributed by atoms with Crippen molar-refractivity contribution < 1.29 is 4.42 Å². The lowest BCUT2D eigenvalue weighted by Crippen LogP contribution is -1.94. The molecule has 14 heavy (non-hydrogen) atoms. The van der Waals surface area contributed by atoms with Crippen molar-refractivity contribution in [3.63, 3.8) is 0 Å². The quantitative estimate of drug-likeness (QED) is 0.833. The van der Waals surface area contributed by atoms with Gasteiger partial charge < -0.3 is 10.2 Å². The molecule has 2 aromatic rings. The van der Waals surface area contributed by atoms with E-state index in [4.69, 9.17) is 10.2 Å². The average Bonchev–Trinajstić information content (AvgIpc) is 2.62. The second-order valence-electron chi connectivity index (χ2n) is 3.10. The molecule has 0 saturated carbocycles. The first-order valence-corrected chi connectivity index (χ1v) is 5.11. The number of hydrogen-bond acceptors (Lipinski definition) is 2. The first kappa shape index (κ1) is 9.34. The number of hydrogen-bond donors (Lipinski definition) is 1. The molecule has 72 valence electrons. The third-order valence-corrected chi connectivity index (χ3v) is 2.55. The molecule has 0 aliphatic heterocycles. The van der Waals surface area contributed by atoms with Crippen LogP contribution in [0.25, 0.3) is 0 Å². The van der Waals surface area contributed by atoms with Gasteiger partial charge in [0.15, 0.2) is 0 Å². The second-order valence-corrected chi connectivity index (χ2v) is 4.01. The van der Waals surface area contributed by atoms with Gasteiger partial charge in [0, 0.05) is 16.6 Å². The van der Waals surface area contributed by atoms with Crippen molar-refractivity contribution in [1.29, 1.82) is 0 Å². The van der Waals surface area contributed by atoms with Crippen molar-refractivity contribution in [3.05, 3.63) is 52.4 Å². The van der Waals surface area contributed by atoms with Gasteiger partial charge in [-0.2, -0.15) is 0 Å². The monoisotopic (exact) mass is 251 g/mol. The van der Waals surface area contributed by atoms with Crippen LogP contribution in [-0.2, 0) is 6.42 Å². The molecule has 0 atom stereocenters. The van der Waals surface area contributed by atoms with Gasteiger partial charge in [0.25, 0.3) is 0 Å². The molecule has 0 unspecified atom stereocenters. The topological polar surface area (TPSA) is 39.2 Å². The lowest BCUT2D eigenvalue weighted by Gasteiger charge is -2.03. The van der Waals surface area contributed by atoms with E-state index >= 15 is 0 Å². The van der Waals surface area contributed by atoms with Crippen LogP contribution in [0.15, 0.2) is 45.5 Å². The van der Waals surface area contributed by atoms with Gasteiger partial charge in [-0.25, -0.2) is 0 Å². The van der Waals surface area contributed by atoms with E-state index in [2.05, 4.69) is 15.9 Å². The van der Waals surface area contributed by atoms with Crippen molar-refractivity contribution in [3.8, 4) is 0 Å². The van der Waals surface area contributed by atoms with Crippen molar-refractivity contribution in [2.75, 3.05) is 5.73 Å². The summed E-state index contributed by atoms with van der Waals surface area (Å²) in [6.45, 7) is 0. The molecule has 0 bridgehead atoms. The van der Waals surface area contributed by atoms with Gasteiger partial charge in [-0.1, -0.05) is 22.0 Å². The molecule has 0 radical (unpaired) electrons. The molecule has 2 nitrogen and oxygen atoms in total. The third-order valence-electron chi connectivity index (χ3n) is 2.05. The number of anilines is 1. The minimum Gasteiger partial charge on any atom is -0.469 e. The highest BCUT2D eigenvalue weighted by Gasteiger charge is 2.02. The van der Waals surface area contributed by atoms with E-state index in [1.54, 1.807) is 6.26 Å². The largest absolute Gasteiger partial charge is 0.469 e. The van der Waals surface area contributed by atoms with Gasteiger partial charge >= 0.3 is 0 Å². The van der Waals surface area contributed by atoms with Crippen molar-refractivity contribution in [1.82, 2.24) is 0 Å². The van der Waals surface area contributed by atoms with Crippen molar-refractivity contribution in [2.24, 2.45) is 0 Å². The zero-order chi connectivity index (χ0) is 9.97. The first-order chi connectivity index (χ1) is 6.75. The summed E-state index contributed by atoms with van der Waals surface area (Å²) in [5.41, 5.74) is 7.74. The summed E-state index contributed by atoms with van der Waals surface area (Å²) in [6.07, 6.45) is 2.41. The molecular formula is C11H10BrNO.